The molecule has 12 nitrogen and oxygen atoms in total. The fourth-order valence-electron chi connectivity index (χ4n) is 10.9. The first-order valence-electron chi connectivity index (χ1n) is 24.6. The van der Waals surface area contributed by atoms with Crippen molar-refractivity contribution < 1.29 is 48.6 Å². The van der Waals surface area contributed by atoms with Crippen LogP contribution < -0.4 is 14.2 Å². The summed E-state index contributed by atoms with van der Waals surface area (Å²) in [4.78, 5) is 23.5. The van der Waals surface area contributed by atoms with E-state index in [1.165, 1.54) is 38.5 Å². The molecule has 2 fully saturated rings. The fourth-order valence-corrected chi connectivity index (χ4v) is 10.9. The molecule has 12 heteroatoms. The van der Waals surface area contributed by atoms with Crippen LogP contribution in [-0.4, -0.2) is 83.2 Å². The average molecular weight is 887 g/mol. The molecule has 0 bridgehead atoms. The monoisotopic (exact) mass is 887 g/mol. The minimum atomic E-state index is -1.40. The molecular weight excluding hydrogens is 813 g/mol. The van der Waals surface area contributed by atoms with Gasteiger partial charge in [0.15, 0.2) is 11.5 Å². The number of aliphatic hydroxyl groups is 2. The fraction of sp³-hybridized carbons (Fsp3) is 0.654. The highest BCUT2D eigenvalue weighted by molar-refractivity contribution is 6.03. The van der Waals surface area contributed by atoms with Crippen LogP contribution in [0.25, 0.3) is 0 Å². The number of amides is 1. The molecule has 7 unspecified atom stereocenters. The Morgan fingerprint density at radius 3 is 2.41 bits per heavy atom. The number of unbranched alkanes of at least 4 members (excludes halogenated alkanes) is 10. The van der Waals surface area contributed by atoms with E-state index in [1.54, 1.807) is 12.1 Å². The number of allylic oxidation sites excluding steroid dienone is 1. The number of fused-ring (bicyclic) bond motifs is 3. The van der Waals surface area contributed by atoms with E-state index in [1.807, 2.05) is 35.2 Å². The van der Waals surface area contributed by atoms with Gasteiger partial charge in [-0.3, -0.25) is 4.79 Å². The maximum absolute atomic E-state index is 15.2. The summed E-state index contributed by atoms with van der Waals surface area (Å²) in [5.41, 5.74) is 3.46. The van der Waals surface area contributed by atoms with Gasteiger partial charge in [-0.25, -0.2) is 0 Å². The van der Waals surface area contributed by atoms with Crippen LogP contribution in [0.4, 0.5) is 0 Å². The lowest BCUT2D eigenvalue weighted by atomic mass is 9.55. The molecule has 0 spiro atoms. The van der Waals surface area contributed by atoms with Gasteiger partial charge in [0, 0.05) is 50.5 Å². The first-order chi connectivity index (χ1) is 31.4. The third-order valence-corrected chi connectivity index (χ3v) is 14.1. The minimum Gasteiger partial charge on any atom is -0.508 e. The number of oxime groups is 1. The van der Waals surface area contributed by atoms with Gasteiger partial charge in [0.25, 0.3) is 0 Å². The molecule has 3 heterocycles. The number of benzene rings is 2. The number of ether oxygens (including phenoxy) is 5. The van der Waals surface area contributed by atoms with Gasteiger partial charge in [0.2, 0.25) is 24.8 Å². The van der Waals surface area contributed by atoms with Crippen molar-refractivity contribution in [2.45, 2.75) is 166 Å². The standard InChI is InChI=1S/C52H74N2O10/c1-3-5-6-7-8-9-10-11-12-21-48(58)54(35-37-23-25-45-46(31-37)61-36-60-45)47-34-43(53-64-49-22-15-18-30-59-49)41-32-38(19-13-16-27-55)40(20-14-17-28-56)50-42-33-39(57)24-26-44(42)63-52(47,51(41)50)62-29-4-2/h4,23-26,31-33,38,40,47,49-51,55-57H,2-3,5-22,27-30,34-36H2,1H3. The second-order valence-electron chi connectivity index (χ2n) is 18.5. The van der Waals surface area contributed by atoms with E-state index in [-0.39, 0.29) is 62.6 Å². The predicted octanol–water partition coefficient (Wildman–Crippen LogP) is 10.2. The van der Waals surface area contributed by atoms with Crippen LogP contribution in [0.5, 0.6) is 23.0 Å². The van der Waals surface area contributed by atoms with Gasteiger partial charge < -0.3 is 48.7 Å². The maximum Gasteiger partial charge on any atom is 0.239 e. The largest absolute Gasteiger partial charge is 0.508 e. The lowest BCUT2D eigenvalue weighted by Gasteiger charge is -2.60. The number of rotatable bonds is 26. The van der Waals surface area contributed by atoms with Crippen molar-refractivity contribution in [1.29, 1.82) is 0 Å². The van der Waals surface area contributed by atoms with Gasteiger partial charge in [-0.1, -0.05) is 94.5 Å². The lowest BCUT2D eigenvalue weighted by Crippen LogP contribution is -2.70. The first kappa shape index (κ1) is 47.9. The summed E-state index contributed by atoms with van der Waals surface area (Å²) in [6.07, 6.45) is 21.9. The molecule has 7 atom stereocenters. The molecule has 5 aliphatic rings. The second kappa shape index (κ2) is 23.9. The number of phenols is 1. The van der Waals surface area contributed by atoms with E-state index < -0.39 is 24.0 Å². The maximum atomic E-state index is 15.2. The van der Waals surface area contributed by atoms with E-state index in [2.05, 4.69) is 19.6 Å². The third kappa shape index (κ3) is 11.5. The molecule has 2 aromatic carbocycles. The quantitative estimate of drug-likeness (QED) is 0.0474. The normalized spacial score (nSPS) is 26.1. The van der Waals surface area contributed by atoms with Crippen LogP contribution in [0.2, 0.25) is 0 Å². The number of hydrogen-bond donors (Lipinski definition) is 3. The number of nitrogens with zero attached hydrogens (tertiary/aromatic N) is 2. The van der Waals surface area contributed by atoms with Crippen molar-refractivity contribution in [1.82, 2.24) is 4.90 Å². The number of hydrogen-bond acceptors (Lipinski definition) is 11. The molecule has 1 amide bonds. The summed E-state index contributed by atoms with van der Waals surface area (Å²) >= 11 is 0. The molecule has 2 aliphatic carbocycles. The SMILES string of the molecule is C=CCOC12Oc3ccc(O)cc3C3C(CCCCO)C(CCCCO)C=C(C(=NOC4CCCCO4)CC1N(Cc1ccc4c(c1)OCO4)C(=O)CCCCCCCCCCC)C32. The average Bonchev–Trinajstić information content (AvgIpc) is 3.79. The molecule has 64 heavy (non-hydrogen) atoms. The summed E-state index contributed by atoms with van der Waals surface area (Å²) in [7, 11) is 0. The number of carbonyl (C=O) groups is 1. The lowest BCUT2D eigenvalue weighted by molar-refractivity contribution is -0.258. The molecule has 352 valence electrons. The van der Waals surface area contributed by atoms with Crippen LogP contribution >= 0.6 is 0 Å². The Kier molecular flexibility index (Phi) is 17.9. The highest BCUT2D eigenvalue weighted by Crippen LogP contribution is 2.62. The Morgan fingerprint density at radius 2 is 1.66 bits per heavy atom. The Morgan fingerprint density at radius 1 is 0.906 bits per heavy atom. The van der Waals surface area contributed by atoms with Crippen molar-refractivity contribution in [3.05, 3.63) is 71.8 Å². The molecule has 7 rings (SSSR count). The van der Waals surface area contributed by atoms with E-state index >= 15 is 4.79 Å². The summed E-state index contributed by atoms with van der Waals surface area (Å²) in [5, 5.41) is 36.0. The van der Waals surface area contributed by atoms with Crippen molar-refractivity contribution in [2.75, 3.05) is 33.2 Å². The van der Waals surface area contributed by atoms with Gasteiger partial charge in [-0.15, -0.1) is 6.58 Å². The topological polar surface area (TPSA) is 149 Å². The van der Waals surface area contributed by atoms with Gasteiger partial charge in [0.1, 0.15) is 17.5 Å². The zero-order valence-corrected chi connectivity index (χ0v) is 38.3. The third-order valence-electron chi connectivity index (χ3n) is 14.1. The molecule has 3 aliphatic heterocycles. The van der Waals surface area contributed by atoms with Crippen LogP contribution in [0, 0.1) is 17.8 Å². The summed E-state index contributed by atoms with van der Waals surface area (Å²) in [5.74, 6) is 0.115. The Labute approximate surface area is 381 Å². The molecule has 3 N–H and O–H groups in total. The molecule has 2 aromatic rings. The van der Waals surface area contributed by atoms with E-state index in [0.717, 1.165) is 86.6 Å². The smallest absolute Gasteiger partial charge is 0.239 e. The van der Waals surface area contributed by atoms with E-state index in [4.69, 9.17) is 33.7 Å². The molecule has 1 saturated carbocycles. The highest BCUT2D eigenvalue weighted by atomic mass is 16.8. The number of aliphatic hydroxyl groups excluding tert-OH is 2. The predicted molar refractivity (Wildman–Crippen MR) is 246 cm³/mol. The molecule has 1 saturated heterocycles. The van der Waals surface area contributed by atoms with Gasteiger partial charge in [-0.05, 0) is 98.2 Å². The minimum absolute atomic E-state index is 0.00402. The zero-order valence-electron chi connectivity index (χ0n) is 38.3. The zero-order chi connectivity index (χ0) is 44.7. The Balaban J connectivity index is 1.34. The van der Waals surface area contributed by atoms with Crippen molar-refractivity contribution in [3.63, 3.8) is 0 Å². The van der Waals surface area contributed by atoms with Crippen LogP contribution in [0.3, 0.4) is 0 Å². The number of aromatic hydroxyl groups is 1. The highest BCUT2D eigenvalue weighted by Gasteiger charge is 2.65. The Bertz CT molecular complexity index is 1880. The van der Waals surface area contributed by atoms with Crippen LogP contribution in [0.1, 0.15) is 152 Å². The summed E-state index contributed by atoms with van der Waals surface area (Å²) < 4.78 is 32.1. The first-order valence-corrected chi connectivity index (χ1v) is 24.6. The number of phenolic OH excluding ortho intramolecular Hbond substituents is 1. The second-order valence-corrected chi connectivity index (χ2v) is 18.5. The Hall–Kier alpha value is -4.10. The molecular formula is C52H74N2O10. The van der Waals surface area contributed by atoms with Crippen molar-refractivity contribution >= 4 is 11.6 Å². The van der Waals surface area contributed by atoms with E-state index in [0.29, 0.717) is 49.5 Å². The van der Waals surface area contributed by atoms with Gasteiger partial charge >= 0.3 is 0 Å². The van der Waals surface area contributed by atoms with Gasteiger partial charge in [0.05, 0.1) is 24.8 Å². The summed E-state index contributed by atoms with van der Waals surface area (Å²) in [6, 6.07) is 10.5. The van der Waals surface area contributed by atoms with Gasteiger partial charge in [-0.2, -0.15) is 0 Å². The van der Waals surface area contributed by atoms with Crippen molar-refractivity contribution in [3.8, 4) is 23.0 Å². The molecule has 0 radical (unpaired) electrons. The van der Waals surface area contributed by atoms with Crippen LogP contribution in [0.15, 0.2) is 65.9 Å². The number of carbonyl (C=O) groups excluding carboxylic acids is 1. The van der Waals surface area contributed by atoms with E-state index in [9.17, 15) is 15.3 Å². The summed E-state index contributed by atoms with van der Waals surface area (Å²) in [6.45, 7) is 7.72. The van der Waals surface area contributed by atoms with Crippen LogP contribution in [-0.2, 0) is 25.7 Å². The van der Waals surface area contributed by atoms with Crippen molar-refractivity contribution in [2.24, 2.45) is 22.9 Å². The molecule has 0 aromatic heterocycles.